The van der Waals surface area contributed by atoms with Crippen LogP contribution < -0.4 is 10.5 Å². The zero-order valence-corrected chi connectivity index (χ0v) is 10.9. The number of rotatable bonds is 3. The highest BCUT2D eigenvalue weighted by Crippen LogP contribution is 2.36. The molecule has 0 radical (unpaired) electrons. The van der Waals surface area contributed by atoms with Gasteiger partial charge in [-0.15, -0.1) is 0 Å². The molecular formula is C13H15N3O3. The van der Waals surface area contributed by atoms with Crippen molar-refractivity contribution in [1.29, 1.82) is 0 Å². The highest BCUT2D eigenvalue weighted by molar-refractivity contribution is 6.00. The maximum Gasteiger partial charge on any atom is 0.341 e. The Kier molecular flexibility index (Phi) is 3.16. The van der Waals surface area contributed by atoms with Gasteiger partial charge in [0.2, 0.25) is 0 Å². The summed E-state index contributed by atoms with van der Waals surface area (Å²) in [7, 11) is 1.54. The summed E-state index contributed by atoms with van der Waals surface area (Å²) in [6.45, 7) is 3.83. The van der Waals surface area contributed by atoms with Crippen LogP contribution in [0.1, 0.15) is 21.5 Å². The molecule has 0 aliphatic carbocycles. The van der Waals surface area contributed by atoms with Crippen molar-refractivity contribution in [2.24, 2.45) is 0 Å². The minimum Gasteiger partial charge on any atom is -0.496 e. The third kappa shape index (κ3) is 2.12. The Hall–Kier alpha value is -2.50. The number of nitrogens with two attached hydrogens (primary N) is 1. The van der Waals surface area contributed by atoms with E-state index in [0.717, 1.165) is 11.1 Å². The van der Waals surface area contributed by atoms with Crippen molar-refractivity contribution in [3.63, 3.8) is 0 Å². The lowest BCUT2D eigenvalue weighted by Gasteiger charge is -2.12. The number of nitrogen functional groups attached to an aromatic ring is 1. The summed E-state index contributed by atoms with van der Waals surface area (Å²) >= 11 is 0. The van der Waals surface area contributed by atoms with Crippen molar-refractivity contribution in [1.82, 2.24) is 10.2 Å². The summed E-state index contributed by atoms with van der Waals surface area (Å²) in [6.07, 6.45) is 0. The standard InChI is InChI=1S/C13H15N3O3/c1-6-4-7(2)11(19-3)8(5-6)10-9(13(17)18)12(14)16-15-10/h4-5H,1-3H3,(H,17,18)(H3,14,15,16). The van der Waals surface area contributed by atoms with Gasteiger partial charge in [-0.25, -0.2) is 4.79 Å². The quantitative estimate of drug-likeness (QED) is 0.784. The van der Waals surface area contributed by atoms with Gasteiger partial charge in [-0.05, 0) is 31.0 Å². The summed E-state index contributed by atoms with van der Waals surface area (Å²) in [4.78, 5) is 11.3. The molecule has 0 saturated heterocycles. The molecular weight excluding hydrogens is 246 g/mol. The third-order valence-corrected chi connectivity index (χ3v) is 2.90. The second-order valence-electron chi connectivity index (χ2n) is 4.33. The van der Waals surface area contributed by atoms with Crippen molar-refractivity contribution in [3.05, 3.63) is 28.8 Å². The van der Waals surface area contributed by atoms with Gasteiger partial charge in [0.05, 0.1) is 12.8 Å². The van der Waals surface area contributed by atoms with Gasteiger partial charge < -0.3 is 15.6 Å². The second kappa shape index (κ2) is 4.64. The number of aromatic carboxylic acids is 1. The summed E-state index contributed by atoms with van der Waals surface area (Å²) in [5.41, 5.74) is 8.46. The number of H-pyrrole nitrogens is 1. The average Bonchev–Trinajstić information content (AvgIpc) is 2.70. The fraction of sp³-hybridized carbons (Fsp3) is 0.231. The van der Waals surface area contributed by atoms with E-state index in [-0.39, 0.29) is 11.4 Å². The SMILES string of the molecule is COc1c(C)cc(C)cc1-c1[nH]nc(N)c1C(=O)O. The van der Waals surface area contributed by atoms with Crippen LogP contribution in [-0.2, 0) is 0 Å². The number of aromatic amines is 1. The number of carboxylic acids is 1. The summed E-state index contributed by atoms with van der Waals surface area (Å²) in [6, 6.07) is 3.80. The molecule has 1 aromatic carbocycles. The van der Waals surface area contributed by atoms with E-state index in [0.29, 0.717) is 17.0 Å². The van der Waals surface area contributed by atoms with Gasteiger partial charge in [-0.3, -0.25) is 5.10 Å². The largest absolute Gasteiger partial charge is 0.496 e. The minimum atomic E-state index is -1.12. The molecule has 0 bridgehead atoms. The number of aryl methyl sites for hydroxylation is 2. The van der Waals surface area contributed by atoms with E-state index in [1.807, 2.05) is 26.0 Å². The van der Waals surface area contributed by atoms with Crippen LogP contribution in [0.4, 0.5) is 5.82 Å². The van der Waals surface area contributed by atoms with E-state index in [1.165, 1.54) is 0 Å². The molecule has 0 saturated carbocycles. The molecule has 100 valence electrons. The Morgan fingerprint density at radius 2 is 2.11 bits per heavy atom. The number of methoxy groups -OCH3 is 1. The first-order chi connectivity index (χ1) is 8.95. The van der Waals surface area contributed by atoms with Gasteiger partial charge in [-0.1, -0.05) is 6.07 Å². The first kappa shape index (κ1) is 12.9. The summed E-state index contributed by atoms with van der Waals surface area (Å²) in [5.74, 6) is -0.553. The number of carboxylic acid groups (broad SMARTS) is 1. The molecule has 6 nitrogen and oxygen atoms in total. The van der Waals surface area contributed by atoms with Gasteiger partial charge in [0.15, 0.2) is 5.82 Å². The van der Waals surface area contributed by atoms with E-state index in [2.05, 4.69) is 10.2 Å². The Bertz CT molecular complexity index is 647. The maximum atomic E-state index is 11.3. The zero-order valence-electron chi connectivity index (χ0n) is 10.9. The van der Waals surface area contributed by atoms with Gasteiger partial charge >= 0.3 is 5.97 Å². The lowest BCUT2D eigenvalue weighted by Crippen LogP contribution is -2.02. The number of hydrogen-bond acceptors (Lipinski definition) is 4. The number of benzene rings is 1. The number of ether oxygens (including phenoxy) is 1. The monoisotopic (exact) mass is 261 g/mol. The molecule has 0 aliphatic rings. The molecule has 0 atom stereocenters. The Morgan fingerprint density at radius 3 is 2.68 bits per heavy atom. The van der Waals surface area contributed by atoms with Crippen LogP contribution in [0.2, 0.25) is 0 Å². The lowest BCUT2D eigenvalue weighted by molar-refractivity contribution is 0.0699. The normalized spacial score (nSPS) is 10.5. The van der Waals surface area contributed by atoms with E-state index in [9.17, 15) is 9.90 Å². The number of aromatic nitrogens is 2. The van der Waals surface area contributed by atoms with Crippen LogP contribution in [0.15, 0.2) is 12.1 Å². The molecule has 6 heteroatoms. The van der Waals surface area contributed by atoms with Crippen molar-refractivity contribution >= 4 is 11.8 Å². The summed E-state index contributed by atoms with van der Waals surface area (Å²) in [5, 5.41) is 15.6. The fourth-order valence-corrected chi connectivity index (χ4v) is 2.18. The highest BCUT2D eigenvalue weighted by Gasteiger charge is 2.22. The van der Waals surface area contributed by atoms with Gasteiger partial charge in [-0.2, -0.15) is 5.10 Å². The number of nitrogens with zero attached hydrogens (tertiary/aromatic N) is 1. The topological polar surface area (TPSA) is 101 Å². The minimum absolute atomic E-state index is 0.0382. The van der Waals surface area contributed by atoms with Gasteiger partial charge in [0.1, 0.15) is 11.3 Å². The zero-order chi connectivity index (χ0) is 14.2. The second-order valence-corrected chi connectivity index (χ2v) is 4.33. The molecule has 1 heterocycles. The van der Waals surface area contributed by atoms with Crippen molar-refractivity contribution in [2.75, 3.05) is 12.8 Å². The predicted molar refractivity (Wildman–Crippen MR) is 71.4 cm³/mol. The van der Waals surface area contributed by atoms with Crippen LogP contribution in [0, 0.1) is 13.8 Å². The highest BCUT2D eigenvalue weighted by atomic mass is 16.5. The lowest BCUT2D eigenvalue weighted by atomic mass is 10.0. The van der Waals surface area contributed by atoms with Crippen LogP contribution in [-0.4, -0.2) is 28.4 Å². The summed E-state index contributed by atoms with van der Waals surface area (Å²) < 4.78 is 5.35. The van der Waals surface area contributed by atoms with Crippen LogP contribution in [0.3, 0.4) is 0 Å². The molecule has 1 aromatic heterocycles. The number of hydrogen-bond donors (Lipinski definition) is 3. The average molecular weight is 261 g/mol. The first-order valence-electron chi connectivity index (χ1n) is 5.68. The van der Waals surface area contributed by atoms with Crippen molar-refractivity contribution in [2.45, 2.75) is 13.8 Å². The molecule has 19 heavy (non-hydrogen) atoms. The van der Waals surface area contributed by atoms with Gasteiger partial charge in [0.25, 0.3) is 0 Å². The number of anilines is 1. The number of nitrogens with one attached hydrogen (secondary N) is 1. The number of carbonyl (C=O) groups is 1. The maximum absolute atomic E-state index is 11.3. The molecule has 2 aromatic rings. The Labute approximate surface area is 110 Å². The molecule has 0 fully saturated rings. The van der Waals surface area contributed by atoms with Gasteiger partial charge in [0, 0.05) is 5.56 Å². The van der Waals surface area contributed by atoms with Crippen LogP contribution >= 0.6 is 0 Å². The molecule has 4 N–H and O–H groups in total. The predicted octanol–water partition coefficient (Wildman–Crippen LogP) is 1.98. The van der Waals surface area contributed by atoms with E-state index in [1.54, 1.807) is 7.11 Å². The molecule has 0 unspecified atom stereocenters. The molecule has 0 amide bonds. The fourth-order valence-electron chi connectivity index (χ4n) is 2.18. The van der Waals surface area contributed by atoms with E-state index in [4.69, 9.17) is 10.5 Å². The van der Waals surface area contributed by atoms with E-state index >= 15 is 0 Å². The van der Waals surface area contributed by atoms with E-state index < -0.39 is 5.97 Å². The Balaban J connectivity index is 2.75. The third-order valence-electron chi connectivity index (χ3n) is 2.90. The molecule has 2 rings (SSSR count). The van der Waals surface area contributed by atoms with Crippen molar-refractivity contribution in [3.8, 4) is 17.0 Å². The Morgan fingerprint density at radius 1 is 1.42 bits per heavy atom. The molecule has 0 spiro atoms. The van der Waals surface area contributed by atoms with Crippen molar-refractivity contribution < 1.29 is 14.6 Å². The molecule has 0 aliphatic heterocycles. The van der Waals surface area contributed by atoms with Crippen LogP contribution in [0.5, 0.6) is 5.75 Å². The smallest absolute Gasteiger partial charge is 0.341 e. The van der Waals surface area contributed by atoms with Crippen LogP contribution in [0.25, 0.3) is 11.3 Å². The first-order valence-corrected chi connectivity index (χ1v) is 5.68.